The summed E-state index contributed by atoms with van der Waals surface area (Å²) in [7, 11) is 0. The molecule has 0 fully saturated rings. The molecule has 0 unspecified atom stereocenters. The Labute approximate surface area is 128 Å². The van der Waals surface area contributed by atoms with Crippen LogP contribution in [0.25, 0.3) is 0 Å². The van der Waals surface area contributed by atoms with Gasteiger partial charge >= 0.3 is 0 Å². The van der Waals surface area contributed by atoms with Crippen LogP contribution in [0.1, 0.15) is 56.8 Å². The van der Waals surface area contributed by atoms with Crippen LogP contribution < -0.4 is 10.6 Å². The predicted molar refractivity (Wildman–Crippen MR) is 88.6 cm³/mol. The number of nitrogens with zero attached hydrogens (tertiary/aromatic N) is 1. The number of hydrogen-bond acceptors (Lipinski definition) is 3. The molecule has 1 aromatic rings. The molecule has 1 heterocycles. The maximum absolute atomic E-state index is 12.1. The maximum Gasteiger partial charge on any atom is 0.255 e. The zero-order valence-corrected chi connectivity index (χ0v) is 13.4. The van der Waals surface area contributed by atoms with E-state index in [2.05, 4.69) is 43.0 Å². The first-order valence-electron chi connectivity index (χ1n) is 7.62. The molecule has 4 nitrogen and oxygen atoms in total. The molecule has 1 rings (SSSR count). The summed E-state index contributed by atoms with van der Waals surface area (Å²) in [6.45, 7) is 10.5. The van der Waals surface area contributed by atoms with Crippen LogP contribution >= 0.6 is 0 Å². The highest BCUT2D eigenvalue weighted by Crippen LogP contribution is 2.22. The first kappa shape index (κ1) is 17.2. The lowest BCUT2D eigenvalue weighted by atomic mass is 9.96. The van der Waals surface area contributed by atoms with Crippen LogP contribution in [0, 0.1) is 0 Å². The van der Waals surface area contributed by atoms with Crippen LogP contribution in [0.4, 0.5) is 5.82 Å². The second-order valence-corrected chi connectivity index (χ2v) is 5.86. The van der Waals surface area contributed by atoms with Gasteiger partial charge in [-0.3, -0.25) is 4.79 Å². The van der Waals surface area contributed by atoms with E-state index >= 15 is 0 Å². The number of carbonyl (C=O) groups is 1. The molecule has 0 aliphatic heterocycles. The lowest BCUT2D eigenvalue weighted by molar-refractivity contribution is 0.0958. The van der Waals surface area contributed by atoms with E-state index in [0.717, 1.165) is 6.42 Å². The zero-order valence-electron chi connectivity index (χ0n) is 13.4. The molecule has 0 saturated carbocycles. The molecule has 4 heteroatoms. The van der Waals surface area contributed by atoms with E-state index in [1.807, 2.05) is 0 Å². The summed E-state index contributed by atoms with van der Waals surface area (Å²) in [5.41, 5.74) is 0.486. The van der Waals surface area contributed by atoms with Gasteiger partial charge in [-0.2, -0.15) is 0 Å². The summed E-state index contributed by atoms with van der Waals surface area (Å²) < 4.78 is 0. The molecule has 0 atom stereocenters. The van der Waals surface area contributed by atoms with Crippen LogP contribution in [0.15, 0.2) is 31.0 Å². The third-order valence-electron chi connectivity index (χ3n) is 3.32. The van der Waals surface area contributed by atoms with Crippen molar-refractivity contribution in [3.63, 3.8) is 0 Å². The highest BCUT2D eigenvalue weighted by atomic mass is 16.1. The van der Waals surface area contributed by atoms with Gasteiger partial charge in [-0.1, -0.05) is 32.3 Å². The number of unbranched alkanes of at least 4 members (excludes halogenated alkanes) is 2. The normalized spacial score (nSPS) is 11.0. The Hall–Kier alpha value is -1.84. The van der Waals surface area contributed by atoms with Gasteiger partial charge in [-0.05, 0) is 32.4 Å². The van der Waals surface area contributed by atoms with Crippen molar-refractivity contribution in [2.75, 3.05) is 11.9 Å². The fourth-order valence-corrected chi connectivity index (χ4v) is 2.15. The van der Waals surface area contributed by atoms with Crippen molar-refractivity contribution >= 4 is 11.7 Å². The van der Waals surface area contributed by atoms with Crippen molar-refractivity contribution in [2.24, 2.45) is 0 Å². The summed E-state index contributed by atoms with van der Waals surface area (Å²) in [5.74, 6) is 0.510. The molecule has 21 heavy (non-hydrogen) atoms. The van der Waals surface area contributed by atoms with E-state index in [9.17, 15) is 4.79 Å². The van der Waals surface area contributed by atoms with Crippen molar-refractivity contribution < 1.29 is 4.79 Å². The molecule has 0 spiro atoms. The van der Waals surface area contributed by atoms with E-state index in [4.69, 9.17) is 0 Å². The highest BCUT2D eigenvalue weighted by molar-refractivity contribution is 5.98. The molecule has 0 aliphatic carbocycles. The maximum atomic E-state index is 12.1. The first-order chi connectivity index (χ1) is 10.00. The van der Waals surface area contributed by atoms with Crippen LogP contribution in [-0.2, 0) is 0 Å². The van der Waals surface area contributed by atoms with Gasteiger partial charge in [0, 0.05) is 18.3 Å². The third kappa shape index (κ3) is 5.98. The largest absolute Gasteiger partial charge is 0.365 e. The summed E-state index contributed by atoms with van der Waals surface area (Å²) in [5, 5.41) is 6.20. The van der Waals surface area contributed by atoms with Gasteiger partial charge < -0.3 is 10.6 Å². The molecule has 1 aromatic heterocycles. The Morgan fingerprint density at radius 2 is 2.19 bits per heavy atom. The molecule has 1 amide bonds. The van der Waals surface area contributed by atoms with Crippen LogP contribution in [-0.4, -0.2) is 23.0 Å². The smallest absolute Gasteiger partial charge is 0.255 e. The number of amides is 1. The number of pyridine rings is 1. The fraction of sp³-hybridized carbons (Fsp3) is 0.529. The Morgan fingerprint density at radius 3 is 2.86 bits per heavy atom. The van der Waals surface area contributed by atoms with E-state index in [0.29, 0.717) is 17.9 Å². The topological polar surface area (TPSA) is 54.0 Å². The molecule has 0 radical (unpaired) electrons. The SMILES string of the molecule is C=CCNC(=O)c1cccnc1NC(C)(C)CCCCC. The zero-order chi connectivity index (χ0) is 15.7. The summed E-state index contributed by atoms with van der Waals surface area (Å²) in [4.78, 5) is 16.5. The van der Waals surface area contributed by atoms with E-state index in [-0.39, 0.29) is 11.4 Å². The van der Waals surface area contributed by atoms with Crippen molar-refractivity contribution in [3.05, 3.63) is 36.5 Å². The van der Waals surface area contributed by atoms with Crippen molar-refractivity contribution in [2.45, 2.75) is 52.0 Å². The molecule has 116 valence electrons. The Balaban J connectivity index is 2.78. The minimum atomic E-state index is -0.130. The van der Waals surface area contributed by atoms with E-state index < -0.39 is 0 Å². The quantitative estimate of drug-likeness (QED) is 0.537. The molecule has 2 N–H and O–H groups in total. The van der Waals surface area contributed by atoms with Gasteiger partial charge in [-0.25, -0.2) is 4.98 Å². The number of anilines is 1. The monoisotopic (exact) mass is 289 g/mol. The fourth-order valence-electron chi connectivity index (χ4n) is 2.15. The average molecular weight is 289 g/mol. The van der Waals surface area contributed by atoms with Gasteiger partial charge in [0.2, 0.25) is 0 Å². The van der Waals surface area contributed by atoms with Crippen LogP contribution in [0.3, 0.4) is 0 Å². The van der Waals surface area contributed by atoms with Gasteiger partial charge in [0.25, 0.3) is 5.91 Å². The second-order valence-electron chi connectivity index (χ2n) is 5.86. The molecule has 0 bridgehead atoms. The number of rotatable bonds is 9. The van der Waals surface area contributed by atoms with Crippen molar-refractivity contribution in [3.8, 4) is 0 Å². The molecule has 0 saturated heterocycles. The van der Waals surface area contributed by atoms with Crippen LogP contribution in [0.5, 0.6) is 0 Å². The summed E-state index contributed by atoms with van der Waals surface area (Å²) >= 11 is 0. The van der Waals surface area contributed by atoms with E-state index in [1.165, 1.54) is 19.3 Å². The highest BCUT2D eigenvalue weighted by Gasteiger charge is 2.20. The molecule has 0 aliphatic rings. The average Bonchev–Trinajstić information content (AvgIpc) is 2.45. The number of aromatic nitrogens is 1. The van der Waals surface area contributed by atoms with Gasteiger partial charge in [0.05, 0.1) is 5.56 Å². The lowest BCUT2D eigenvalue weighted by Crippen LogP contribution is -2.33. The van der Waals surface area contributed by atoms with Crippen molar-refractivity contribution in [1.29, 1.82) is 0 Å². The third-order valence-corrected chi connectivity index (χ3v) is 3.32. The van der Waals surface area contributed by atoms with E-state index in [1.54, 1.807) is 24.4 Å². The summed E-state index contributed by atoms with van der Waals surface area (Å²) in [6, 6.07) is 3.56. The molecular formula is C17H27N3O. The number of hydrogen-bond donors (Lipinski definition) is 2. The summed E-state index contributed by atoms with van der Waals surface area (Å²) in [6.07, 6.45) is 8.01. The standard InChI is InChI=1S/C17H27N3O/c1-5-7-8-11-17(3,4)20-15-14(10-9-13-18-15)16(21)19-12-6-2/h6,9-10,13H,2,5,7-8,11-12H2,1,3-4H3,(H,18,20)(H,19,21). The second kappa shape index (κ2) is 8.45. The van der Waals surface area contributed by atoms with Crippen LogP contribution in [0.2, 0.25) is 0 Å². The van der Waals surface area contributed by atoms with Gasteiger partial charge in [-0.15, -0.1) is 6.58 Å². The minimum Gasteiger partial charge on any atom is -0.365 e. The Kier molecular flexibility index (Phi) is 6.92. The Bertz CT molecular complexity index is 469. The first-order valence-corrected chi connectivity index (χ1v) is 7.62. The lowest BCUT2D eigenvalue weighted by Gasteiger charge is -2.28. The van der Waals surface area contributed by atoms with Crippen molar-refractivity contribution in [1.82, 2.24) is 10.3 Å². The van der Waals surface area contributed by atoms with Gasteiger partial charge in [0.1, 0.15) is 5.82 Å². The Morgan fingerprint density at radius 1 is 1.43 bits per heavy atom. The molecular weight excluding hydrogens is 262 g/mol. The van der Waals surface area contributed by atoms with Gasteiger partial charge in [0.15, 0.2) is 0 Å². The number of carbonyl (C=O) groups excluding carboxylic acids is 1. The molecule has 0 aromatic carbocycles. The number of nitrogens with one attached hydrogen (secondary N) is 2. The minimum absolute atomic E-state index is 0.0863. The predicted octanol–water partition coefficient (Wildman–Crippen LogP) is 3.77.